The minimum absolute atomic E-state index is 0.161. The highest BCUT2D eigenvalue weighted by atomic mass is 35.5. The van der Waals surface area contributed by atoms with Crippen LogP contribution in [0.5, 0.6) is 0 Å². The maximum Gasteiger partial charge on any atom is 0.341 e. The zero-order chi connectivity index (χ0) is 11.8. The van der Waals surface area contributed by atoms with Gasteiger partial charge in [-0.25, -0.2) is 8.42 Å². The molecule has 0 amide bonds. The van der Waals surface area contributed by atoms with Crippen LogP contribution >= 0.6 is 11.6 Å². The van der Waals surface area contributed by atoms with E-state index in [2.05, 4.69) is 4.98 Å². The Morgan fingerprint density at radius 1 is 1.19 bits per heavy atom. The Bertz CT molecular complexity index is 661. The van der Waals surface area contributed by atoms with Crippen molar-refractivity contribution >= 4 is 36.9 Å². The van der Waals surface area contributed by atoms with Gasteiger partial charge in [-0.1, -0.05) is 18.2 Å². The fourth-order valence-electron chi connectivity index (χ4n) is 1.38. The number of rotatable bonds is 1. The van der Waals surface area contributed by atoms with E-state index in [9.17, 15) is 13.2 Å². The molecule has 0 saturated carbocycles. The topological polar surface area (TPSA) is 64.1 Å². The van der Waals surface area contributed by atoms with E-state index in [1.807, 2.05) is 0 Å². The summed E-state index contributed by atoms with van der Waals surface area (Å²) in [5.74, 6) is 0. The molecule has 2 aromatic rings. The van der Waals surface area contributed by atoms with Gasteiger partial charge >= 0.3 is 4.57 Å². The van der Waals surface area contributed by atoms with Crippen LogP contribution in [0, 0.1) is 0 Å². The number of sulfone groups is 1. The normalized spacial score (nSPS) is 11.6. The van der Waals surface area contributed by atoms with Gasteiger partial charge in [-0.2, -0.15) is 0 Å². The van der Waals surface area contributed by atoms with E-state index in [-0.39, 0.29) is 10.4 Å². The lowest BCUT2D eigenvalue weighted by Crippen LogP contribution is -2.08. The molecule has 0 N–H and O–H groups in total. The Morgan fingerprint density at radius 3 is 2.56 bits per heavy atom. The van der Waals surface area contributed by atoms with Crippen LogP contribution in [0.1, 0.15) is 0 Å². The average Bonchev–Trinajstić information content (AvgIpc) is 2.28. The molecule has 6 heteroatoms. The van der Waals surface area contributed by atoms with Crippen LogP contribution in [-0.4, -0.2) is 18.0 Å². The van der Waals surface area contributed by atoms with E-state index in [4.69, 9.17) is 11.6 Å². The predicted octanol–water partition coefficient (Wildman–Crippen LogP) is 2.37. The summed E-state index contributed by atoms with van der Waals surface area (Å²) in [6, 6.07) is 7.95. The summed E-state index contributed by atoms with van der Waals surface area (Å²) in [7, 11) is -4.14. The molecule has 2 rings (SSSR count). The smallest absolute Gasteiger partial charge is 0.262 e. The number of nitrogens with zero attached hydrogens (tertiary/aromatic N) is 1. The molecule has 0 fully saturated rings. The van der Waals surface area contributed by atoms with Gasteiger partial charge in [0.25, 0.3) is 9.84 Å². The van der Waals surface area contributed by atoms with Crippen LogP contribution in [0.25, 0.3) is 10.9 Å². The van der Waals surface area contributed by atoms with Gasteiger partial charge in [0.05, 0.1) is 5.52 Å². The number of halogens is 1. The van der Waals surface area contributed by atoms with Crippen LogP contribution in [-0.2, 0) is 9.84 Å². The highest BCUT2D eigenvalue weighted by Crippen LogP contribution is 2.23. The number of benzene rings is 1. The third-order valence-electron chi connectivity index (χ3n) is 2.10. The number of hydrogen-bond donors (Lipinski definition) is 0. The Kier molecular flexibility index (Phi) is 2.65. The molecule has 0 spiro atoms. The fraction of sp³-hybridized carbons (Fsp3) is 0. The van der Waals surface area contributed by atoms with E-state index >= 15 is 0 Å². The summed E-state index contributed by atoms with van der Waals surface area (Å²) < 4.78 is 21.9. The summed E-state index contributed by atoms with van der Waals surface area (Å²) in [6.45, 7) is 0. The molecule has 0 bridgehead atoms. The second-order valence-corrected chi connectivity index (χ2v) is 5.46. The number of para-hydroxylation sites is 1. The molecule has 1 aromatic carbocycles. The van der Waals surface area contributed by atoms with Crippen molar-refractivity contribution in [3.8, 4) is 0 Å². The molecule has 16 heavy (non-hydrogen) atoms. The summed E-state index contributed by atoms with van der Waals surface area (Å²) in [6.07, 6.45) is 1.46. The van der Waals surface area contributed by atoms with Crippen LogP contribution in [0.4, 0.5) is 4.79 Å². The van der Waals surface area contributed by atoms with Crippen molar-refractivity contribution in [2.24, 2.45) is 0 Å². The van der Waals surface area contributed by atoms with E-state index in [1.54, 1.807) is 18.2 Å². The lowest BCUT2D eigenvalue weighted by molar-refractivity contribution is 0.274. The monoisotopic (exact) mass is 255 g/mol. The fourth-order valence-corrected chi connectivity index (χ4v) is 2.48. The van der Waals surface area contributed by atoms with E-state index in [1.165, 1.54) is 18.3 Å². The number of aromatic nitrogens is 1. The van der Waals surface area contributed by atoms with E-state index in [0.29, 0.717) is 5.39 Å². The summed E-state index contributed by atoms with van der Waals surface area (Å²) in [4.78, 5) is 14.6. The van der Waals surface area contributed by atoms with Crippen molar-refractivity contribution < 1.29 is 13.2 Å². The predicted molar refractivity (Wildman–Crippen MR) is 60.2 cm³/mol. The zero-order valence-corrected chi connectivity index (χ0v) is 9.49. The minimum atomic E-state index is -4.14. The maximum atomic E-state index is 11.6. The Hall–Kier alpha value is -1.46. The van der Waals surface area contributed by atoms with Crippen molar-refractivity contribution in [2.75, 3.05) is 0 Å². The number of fused-ring (bicyclic) bond motifs is 1. The van der Waals surface area contributed by atoms with Gasteiger partial charge in [-0.3, -0.25) is 9.78 Å². The van der Waals surface area contributed by atoms with Crippen LogP contribution in [0.2, 0.25) is 0 Å². The molecule has 0 unspecified atom stereocenters. The molecule has 0 radical (unpaired) electrons. The molecule has 4 nitrogen and oxygen atoms in total. The van der Waals surface area contributed by atoms with Crippen molar-refractivity contribution in [3.05, 3.63) is 36.5 Å². The first-order valence-corrected chi connectivity index (χ1v) is 6.18. The molecule has 1 heterocycles. The first-order valence-electron chi connectivity index (χ1n) is 4.32. The third-order valence-corrected chi connectivity index (χ3v) is 4.04. The van der Waals surface area contributed by atoms with E-state index < -0.39 is 14.4 Å². The Morgan fingerprint density at radius 2 is 1.88 bits per heavy atom. The molecule has 1 aromatic heterocycles. The van der Waals surface area contributed by atoms with Crippen molar-refractivity contribution in [1.29, 1.82) is 0 Å². The molecule has 0 aliphatic carbocycles. The van der Waals surface area contributed by atoms with Gasteiger partial charge in [0.1, 0.15) is 4.90 Å². The van der Waals surface area contributed by atoms with Gasteiger partial charge in [0, 0.05) is 11.6 Å². The summed E-state index contributed by atoms with van der Waals surface area (Å²) in [5.41, 5.74) is 0.249. The Balaban J connectivity index is 2.86. The molecular weight excluding hydrogens is 250 g/mol. The molecule has 82 valence electrons. The number of carbonyl (C=O) groups excluding carboxylic acids is 1. The standard InChI is InChI=1S/C10H6ClNO3S/c11-10(13)16(14,15)8-5-1-3-7-4-2-6-12-9(7)8/h1-6H. The average molecular weight is 256 g/mol. The molecule has 0 aliphatic heterocycles. The second-order valence-electron chi connectivity index (χ2n) is 3.07. The van der Waals surface area contributed by atoms with Gasteiger partial charge in [-0.05, 0) is 23.7 Å². The summed E-state index contributed by atoms with van der Waals surface area (Å²) >= 11 is 5.05. The van der Waals surface area contributed by atoms with Crippen molar-refractivity contribution in [3.63, 3.8) is 0 Å². The van der Waals surface area contributed by atoms with Crippen LogP contribution in [0.3, 0.4) is 0 Å². The maximum absolute atomic E-state index is 11.6. The second kappa shape index (κ2) is 3.84. The third kappa shape index (κ3) is 1.68. The SMILES string of the molecule is O=C(Cl)S(=O)(=O)c1cccc2cccnc12. The lowest BCUT2D eigenvalue weighted by atomic mass is 10.2. The molecular formula is C10H6ClNO3S. The van der Waals surface area contributed by atoms with Crippen LogP contribution in [0.15, 0.2) is 41.4 Å². The van der Waals surface area contributed by atoms with E-state index in [0.717, 1.165) is 0 Å². The van der Waals surface area contributed by atoms with Gasteiger partial charge in [0.2, 0.25) is 0 Å². The Labute approximate surface area is 96.8 Å². The molecule has 0 atom stereocenters. The lowest BCUT2D eigenvalue weighted by Gasteiger charge is -2.02. The zero-order valence-electron chi connectivity index (χ0n) is 7.92. The first kappa shape index (κ1) is 11.0. The largest absolute Gasteiger partial charge is 0.341 e. The van der Waals surface area contributed by atoms with Crippen LogP contribution < -0.4 is 0 Å². The minimum Gasteiger partial charge on any atom is -0.262 e. The summed E-state index contributed by atoms with van der Waals surface area (Å²) in [5, 5.41) is 0.640. The van der Waals surface area contributed by atoms with Crippen molar-refractivity contribution in [2.45, 2.75) is 4.90 Å². The van der Waals surface area contributed by atoms with Gasteiger partial charge in [0.15, 0.2) is 0 Å². The van der Waals surface area contributed by atoms with Gasteiger partial charge < -0.3 is 0 Å². The molecule has 0 saturated heterocycles. The number of carbonyl (C=O) groups is 1. The van der Waals surface area contributed by atoms with Crippen molar-refractivity contribution in [1.82, 2.24) is 4.98 Å². The quantitative estimate of drug-likeness (QED) is 0.734. The highest BCUT2D eigenvalue weighted by Gasteiger charge is 2.25. The highest BCUT2D eigenvalue weighted by molar-refractivity contribution is 8.09. The first-order chi connectivity index (χ1) is 7.53. The number of hydrogen-bond acceptors (Lipinski definition) is 4. The molecule has 0 aliphatic rings. The van der Waals surface area contributed by atoms with Gasteiger partial charge in [-0.15, -0.1) is 0 Å². The number of pyridine rings is 1.